The Morgan fingerprint density at radius 3 is 2.45 bits per heavy atom. The molecule has 0 radical (unpaired) electrons. The molecule has 0 spiro atoms. The maximum absolute atomic E-state index is 6.04. The number of hydrogen-bond donors (Lipinski definition) is 1. The van der Waals surface area contributed by atoms with E-state index in [1.807, 2.05) is 24.3 Å². The van der Waals surface area contributed by atoms with Crippen LogP contribution in [-0.4, -0.2) is 9.55 Å². The Labute approximate surface area is 130 Å². The van der Waals surface area contributed by atoms with Crippen molar-refractivity contribution in [2.24, 2.45) is 0 Å². The molecular formula is C18H21N3O. The van der Waals surface area contributed by atoms with Gasteiger partial charge in [-0.15, -0.1) is 0 Å². The van der Waals surface area contributed by atoms with Gasteiger partial charge in [0.25, 0.3) is 0 Å². The first-order chi connectivity index (χ1) is 10.6. The normalized spacial score (nSPS) is 11.0. The Kier molecular flexibility index (Phi) is 3.75. The number of aryl methyl sites for hydroxylation is 3. The molecule has 0 saturated heterocycles. The average molecular weight is 295 g/mol. The lowest BCUT2D eigenvalue weighted by molar-refractivity contribution is 0.287. The summed E-state index contributed by atoms with van der Waals surface area (Å²) in [6.45, 7) is 7.50. The van der Waals surface area contributed by atoms with Crippen molar-refractivity contribution >= 4 is 16.7 Å². The van der Waals surface area contributed by atoms with Crippen LogP contribution in [0.1, 0.15) is 23.9 Å². The quantitative estimate of drug-likeness (QED) is 0.744. The zero-order valence-corrected chi connectivity index (χ0v) is 13.3. The molecule has 4 nitrogen and oxygen atoms in total. The van der Waals surface area contributed by atoms with Gasteiger partial charge in [-0.1, -0.05) is 24.3 Å². The highest BCUT2D eigenvalue weighted by atomic mass is 16.5. The summed E-state index contributed by atoms with van der Waals surface area (Å²) in [4.78, 5) is 4.67. The van der Waals surface area contributed by atoms with Gasteiger partial charge in [0.1, 0.15) is 23.7 Å². The predicted octanol–water partition coefficient (Wildman–Crippen LogP) is 3.83. The molecule has 1 heterocycles. The summed E-state index contributed by atoms with van der Waals surface area (Å²) >= 11 is 0. The Balaban J connectivity index is 1.96. The number of rotatable bonds is 4. The van der Waals surface area contributed by atoms with Crippen LogP contribution in [0.25, 0.3) is 11.0 Å². The molecule has 3 rings (SSSR count). The molecule has 0 bridgehead atoms. The third kappa shape index (κ3) is 2.41. The molecule has 4 heteroatoms. The van der Waals surface area contributed by atoms with Gasteiger partial charge in [0.15, 0.2) is 0 Å². The van der Waals surface area contributed by atoms with E-state index in [0.29, 0.717) is 12.3 Å². The van der Waals surface area contributed by atoms with Gasteiger partial charge in [-0.05, 0) is 44.0 Å². The number of nitrogens with zero attached hydrogens (tertiary/aromatic N) is 2. The van der Waals surface area contributed by atoms with Crippen molar-refractivity contribution in [3.63, 3.8) is 0 Å². The van der Waals surface area contributed by atoms with Crippen molar-refractivity contribution in [2.75, 3.05) is 5.73 Å². The zero-order valence-electron chi connectivity index (χ0n) is 13.3. The van der Waals surface area contributed by atoms with Crippen molar-refractivity contribution in [2.45, 2.75) is 33.9 Å². The van der Waals surface area contributed by atoms with Gasteiger partial charge in [-0.2, -0.15) is 0 Å². The Morgan fingerprint density at radius 1 is 1.09 bits per heavy atom. The minimum Gasteiger partial charge on any atom is -0.485 e. The second-order valence-corrected chi connectivity index (χ2v) is 5.50. The minimum absolute atomic E-state index is 0.438. The number of fused-ring (bicyclic) bond motifs is 1. The van der Waals surface area contributed by atoms with Gasteiger partial charge in [0.05, 0.1) is 11.2 Å². The summed E-state index contributed by atoms with van der Waals surface area (Å²) in [5.74, 6) is 1.84. The fraction of sp³-hybridized carbons (Fsp3) is 0.278. The van der Waals surface area contributed by atoms with Gasteiger partial charge in [0, 0.05) is 6.54 Å². The van der Waals surface area contributed by atoms with E-state index in [1.54, 1.807) is 0 Å². The highest BCUT2D eigenvalue weighted by Crippen LogP contribution is 2.25. The lowest BCUT2D eigenvalue weighted by Crippen LogP contribution is -2.07. The van der Waals surface area contributed by atoms with Crippen LogP contribution in [0.5, 0.6) is 5.75 Å². The van der Waals surface area contributed by atoms with Crippen LogP contribution >= 0.6 is 0 Å². The minimum atomic E-state index is 0.438. The molecule has 2 aromatic carbocycles. The topological polar surface area (TPSA) is 53.1 Å². The molecule has 0 aliphatic heterocycles. The van der Waals surface area contributed by atoms with Gasteiger partial charge in [0.2, 0.25) is 0 Å². The Hall–Kier alpha value is -2.49. The molecule has 0 aliphatic rings. The molecule has 0 saturated carbocycles. The number of ether oxygens (including phenoxy) is 1. The number of imidazole rings is 1. The van der Waals surface area contributed by atoms with Crippen LogP contribution in [0.15, 0.2) is 36.4 Å². The molecule has 0 unspecified atom stereocenters. The molecule has 0 atom stereocenters. The first-order valence-electron chi connectivity index (χ1n) is 7.54. The van der Waals surface area contributed by atoms with Gasteiger partial charge >= 0.3 is 0 Å². The largest absolute Gasteiger partial charge is 0.485 e. The molecular weight excluding hydrogens is 274 g/mol. The monoisotopic (exact) mass is 295 g/mol. The van der Waals surface area contributed by atoms with E-state index in [1.165, 1.54) is 0 Å². The van der Waals surface area contributed by atoms with E-state index in [-0.39, 0.29) is 0 Å². The van der Waals surface area contributed by atoms with Crippen molar-refractivity contribution in [1.29, 1.82) is 0 Å². The van der Waals surface area contributed by atoms with Gasteiger partial charge in [-0.3, -0.25) is 0 Å². The summed E-state index contributed by atoms with van der Waals surface area (Å²) in [6.07, 6.45) is 0. The van der Waals surface area contributed by atoms with Crippen LogP contribution in [-0.2, 0) is 13.2 Å². The first kappa shape index (κ1) is 14.4. The maximum Gasteiger partial charge on any atom is 0.148 e. The van der Waals surface area contributed by atoms with Gasteiger partial charge < -0.3 is 15.0 Å². The lowest BCUT2D eigenvalue weighted by Gasteiger charge is -2.12. The van der Waals surface area contributed by atoms with E-state index < -0.39 is 0 Å². The molecule has 114 valence electrons. The summed E-state index contributed by atoms with van der Waals surface area (Å²) in [7, 11) is 0. The average Bonchev–Trinajstić information content (AvgIpc) is 2.86. The fourth-order valence-corrected chi connectivity index (χ4v) is 2.84. The molecule has 1 aromatic heterocycles. The third-order valence-corrected chi connectivity index (χ3v) is 3.96. The van der Waals surface area contributed by atoms with Crippen LogP contribution < -0.4 is 10.5 Å². The summed E-state index contributed by atoms with van der Waals surface area (Å²) in [5, 5.41) is 0. The van der Waals surface area contributed by atoms with Crippen LogP contribution in [0.3, 0.4) is 0 Å². The maximum atomic E-state index is 6.04. The van der Waals surface area contributed by atoms with Crippen molar-refractivity contribution in [1.82, 2.24) is 9.55 Å². The number of nitrogen functional groups attached to an aromatic ring is 1. The highest BCUT2D eigenvalue weighted by molar-refractivity contribution is 5.87. The number of anilines is 1. The number of aromatic nitrogens is 2. The number of benzene rings is 2. The second-order valence-electron chi connectivity index (χ2n) is 5.50. The van der Waals surface area contributed by atoms with Crippen molar-refractivity contribution in [3.05, 3.63) is 53.3 Å². The molecule has 0 fully saturated rings. The summed E-state index contributed by atoms with van der Waals surface area (Å²) in [5.41, 5.74) is 10.9. The fourth-order valence-electron chi connectivity index (χ4n) is 2.84. The predicted molar refractivity (Wildman–Crippen MR) is 90.1 cm³/mol. The van der Waals surface area contributed by atoms with E-state index >= 15 is 0 Å². The number of nitrogens with two attached hydrogens (primary N) is 1. The smallest absolute Gasteiger partial charge is 0.148 e. The van der Waals surface area contributed by atoms with E-state index in [0.717, 1.165) is 40.3 Å². The van der Waals surface area contributed by atoms with E-state index in [9.17, 15) is 0 Å². The second kappa shape index (κ2) is 5.72. The van der Waals surface area contributed by atoms with Crippen molar-refractivity contribution in [3.8, 4) is 5.75 Å². The molecule has 0 amide bonds. The Bertz CT molecular complexity index is 800. The molecule has 0 aliphatic carbocycles. The Morgan fingerprint density at radius 2 is 1.77 bits per heavy atom. The van der Waals surface area contributed by atoms with E-state index in [2.05, 4.69) is 42.5 Å². The van der Waals surface area contributed by atoms with Crippen molar-refractivity contribution < 1.29 is 4.74 Å². The lowest BCUT2D eigenvalue weighted by atomic mass is 10.1. The third-order valence-electron chi connectivity index (χ3n) is 3.96. The molecule has 2 N–H and O–H groups in total. The highest BCUT2D eigenvalue weighted by Gasteiger charge is 2.13. The summed E-state index contributed by atoms with van der Waals surface area (Å²) in [6, 6.07) is 12.0. The van der Waals surface area contributed by atoms with Gasteiger partial charge in [-0.25, -0.2) is 4.98 Å². The van der Waals surface area contributed by atoms with Crippen LogP contribution in [0, 0.1) is 13.8 Å². The molecule has 22 heavy (non-hydrogen) atoms. The summed E-state index contributed by atoms with van der Waals surface area (Å²) < 4.78 is 8.19. The first-order valence-corrected chi connectivity index (χ1v) is 7.54. The number of hydrogen-bond acceptors (Lipinski definition) is 3. The number of para-hydroxylation sites is 2. The van der Waals surface area contributed by atoms with E-state index in [4.69, 9.17) is 10.5 Å². The SMILES string of the molecule is CCn1c(COc2c(C)cccc2C)nc2c(N)cccc21. The zero-order chi connectivity index (χ0) is 15.7. The van der Waals surface area contributed by atoms with Crippen LogP contribution in [0.2, 0.25) is 0 Å². The molecule has 3 aromatic rings. The standard InChI is InChI=1S/C18H21N3O/c1-4-21-15-10-6-9-14(19)17(15)20-16(21)11-22-18-12(2)7-5-8-13(18)3/h5-10H,4,11,19H2,1-3H3. The van der Waals surface area contributed by atoms with Crippen LogP contribution in [0.4, 0.5) is 5.69 Å².